The van der Waals surface area contributed by atoms with Crippen LogP contribution in [0.25, 0.3) is 0 Å². The van der Waals surface area contributed by atoms with E-state index >= 15 is 0 Å². The van der Waals surface area contributed by atoms with Crippen LogP contribution in [0, 0.1) is 3.70 Å². The molecule has 1 heterocycles. The molecule has 0 atom stereocenters. The molecule has 90 valence electrons. The molecule has 0 aliphatic carbocycles. The van der Waals surface area contributed by atoms with Crippen LogP contribution in [0.5, 0.6) is 5.75 Å². The maximum atomic E-state index is 12.5. The zero-order chi connectivity index (χ0) is 12.5. The third-order valence-electron chi connectivity index (χ3n) is 1.63. The highest BCUT2D eigenvalue weighted by atomic mass is 127. The van der Waals surface area contributed by atoms with Crippen LogP contribution in [0.4, 0.5) is 8.78 Å². The lowest BCUT2D eigenvalue weighted by atomic mass is 10.3. The molecule has 1 aromatic rings. The van der Waals surface area contributed by atoms with E-state index in [0.29, 0.717) is 0 Å². The van der Waals surface area contributed by atoms with E-state index in [4.69, 9.17) is 10.7 Å². The van der Waals surface area contributed by atoms with Gasteiger partial charge in [0.1, 0.15) is 20.0 Å². The lowest BCUT2D eigenvalue weighted by Gasteiger charge is -2.09. The van der Waals surface area contributed by atoms with Crippen molar-refractivity contribution in [1.29, 1.82) is 0 Å². The maximum absolute atomic E-state index is 12.5. The number of pyridine rings is 1. The van der Waals surface area contributed by atoms with E-state index in [2.05, 4.69) is 9.72 Å². The van der Waals surface area contributed by atoms with Gasteiger partial charge in [0, 0.05) is 16.7 Å². The van der Waals surface area contributed by atoms with Crippen molar-refractivity contribution in [2.24, 2.45) is 0 Å². The molecule has 0 aromatic carbocycles. The number of alkyl halides is 2. The van der Waals surface area contributed by atoms with Crippen molar-refractivity contribution in [3.05, 3.63) is 15.5 Å². The first kappa shape index (κ1) is 13.8. The highest BCUT2D eigenvalue weighted by Gasteiger charge is 2.23. The monoisotopic (exact) mass is 383 g/mol. The van der Waals surface area contributed by atoms with E-state index in [1.165, 1.54) is 22.6 Å². The standard InChI is InChI=1S/C7H5ClF2INO3S/c1-15-3-2-4(16(8,13)14)7(11)12-5(3)6(9)10/h2,6H,1H3. The van der Waals surface area contributed by atoms with E-state index in [1.807, 2.05) is 0 Å². The quantitative estimate of drug-likeness (QED) is 0.457. The van der Waals surface area contributed by atoms with Gasteiger partial charge in [0.2, 0.25) is 0 Å². The summed E-state index contributed by atoms with van der Waals surface area (Å²) in [6.07, 6.45) is -2.85. The van der Waals surface area contributed by atoms with Crippen LogP contribution < -0.4 is 4.74 Å². The number of rotatable bonds is 3. The van der Waals surface area contributed by atoms with Crippen LogP contribution in [0.3, 0.4) is 0 Å². The van der Waals surface area contributed by atoms with Crippen LogP contribution in [-0.4, -0.2) is 20.5 Å². The number of hydrogen-bond acceptors (Lipinski definition) is 4. The zero-order valence-corrected chi connectivity index (χ0v) is 11.5. The molecule has 0 aliphatic rings. The molecule has 1 rings (SSSR count). The van der Waals surface area contributed by atoms with Gasteiger partial charge in [0.05, 0.1) is 7.11 Å². The molecule has 0 aliphatic heterocycles. The Morgan fingerprint density at radius 1 is 1.56 bits per heavy atom. The number of methoxy groups -OCH3 is 1. The van der Waals surface area contributed by atoms with Crippen molar-refractivity contribution in [3.8, 4) is 5.75 Å². The summed E-state index contributed by atoms with van der Waals surface area (Å²) in [5.41, 5.74) is -0.615. The van der Waals surface area contributed by atoms with Crippen molar-refractivity contribution in [2.75, 3.05) is 7.11 Å². The number of halogens is 4. The summed E-state index contributed by atoms with van der Waals surface area (Å²) in [5, 5.41) is 0. The Morgan fingerprint density at radius 2 is 2.12 bits per heavy atom. The van der Waals surface area contributed by atoms with Crippen LogP contribution in [0.1, 0.15) is 12.1 Å². The first-order chi connectivity index (χ1) is 7.27. The topological polar surface area (TPSA) is 56.3 Å². The van der Waals surface area contributed by atoms with E-state index in [0.717, 1.165) is 13.2 Å². The minimum Gasteiger partial charge on any atom is -0.495 e. The fraction of sp³-hybridized carbons (Fsp3) is 0.286. The van der Waals surface area contributed by atoms with Gasteiger partial charge in [-0.3, -0.25) is 0 Å². The van der Waals surface area contributed by atoms with Crippen molar-refractivity contribution in [1.82, 2.24) is 4.98 Å². The molecule has 0 saturated carbocycles. The third kappa shape index (κ3) is 2.92. The molecule has 16 heavy (non-hydrogen) atoms. The second-order valence-corrected chi connectivity index (χ2v) is 6.16. The fourth-order valence-corrected chi connectivity index (χ4v) is 3.48. The first-order valence-electron chi connectivity index (χ1n) is 3.74. The number of nitrogens with zero attached hydrogens (tertiary/aromatic N) is 1. The van der Waals surface area contributed by atoms with Gasteiger partial charge < -0.3 is 4.74 Å². The van der Waals surface area contributed by atoms with Gasteiger partial charge in [-0.05, 0) is 22.6 Å². The van der Waals surface area contributed by atoms with Crippen molar-refractivity contribution in [2.45, 2.75) is 11.3 Å². The second kappa shape index (κ2) is 4.96. The van der Waals surface area contributed by atoms with Crippen LogP contribution in [0.15, 0.2) is 11.0 Å². The maximum Gasteiger partial charge on any atom is 0.284 e. The predicted octanol–water partition coefficient (Wildman–Crippen LogP) is 2.56. The van der Waals surface area contributed by atoms with Gasteiger partial charge >= 0.3 is 0 Å². The average Bonchev–Trinajstić information content (AvgIpc) is 2.15. The molecule has 9 heteroatoms. The molecular weight excluding hydrogens is 379 g/mol. The van der Waals surface area contributed by atoms with Gasteiger partial charge in [0.25, 0.3) is 15.5 Å². The van der Waals surface area contributed by atoms with E-state index in [1.54, 1.807) is 0 Å². The van der Waals surface area contributed by atoms with Crippen molar-refractivity contribution in [3.63, 3.8) is 0 Å². The minimum absolute atomic E-state index is 0.122. The SMILES string of the molecule is COc1cc(S(=O)(=O)Cl)c(I)nc1C(F)F. The summed E-state index contributed by atoms with van der Waals surface area (Å²) in [5.74, 6) is -0.311. The Balaban J connectivity index is 3.50. The summed E-state index contributed by atoms with van der Waals surface area (Å²) in [6, 6.07) is 0.929. The van der Waals surface area contributed by atoms with E-state index in [-0.39, 0.29) is 14.3 Å². The Labute approximate surface area is 109 Å². The fourth-order valence-electron chi connectivity index (χ4n) is 0.959. The van der Waals surface area contributed by atoms with Crippen LogP contribution in [0.2, 0.25) is 0 Å². The number of hydrogen-bond donors (Lipinski definition) is 0. The predicted molar refractivity (Wildman–Crippen MR) is 61.5 cm³/mol. The van der Waals surface area contributed by atoms with Gasteiger partial charge in [-0.25, -0.2) is 22.2 Å². The molecule has 0 unspecified atom stereocenters. The van der Waals surface area contributed by atoms with Gasteiger partial charge in [-0.15, -0.1) is 0 Å². The van der Waals surface area contributed by atoms with Crippen molar-refractivity contribution < 1.29 is 21.9 Å². The summed E-state index contributed by atoms with van der Waals surface area (Å²) in [7, 11) is 2.22. The second-order valence-electron chi connectivity index (χ2n) is 2.60. The molecule has 0 amide bonds. The number of aromatic nitrogens is 1. The smallest absolute Gasteiger partial charge is 0.284 e. The molecule has 0 N–H and O–H groups in total. The van der Waals surface area contributed by atoms with Gasteiger partial charge in [-0.2, -0.15) is 0 Å². The molecular formula is C7H5ClF2INO3S. The Kier molecular flexibility index (Phi) is 4.29. The molecule has 0 saturated heterocycles. The zero-order valence-electron chi connectivity index (χ0n) is 7.75. The largest absolute Gasteiger partial charge is 0.495 e. The minimum atomic E-state index is -4.03. The lowest BCUT2D eigenvalue weighted by molar-refractivity contribution is 0.141. The summed E-state index contributed by atoms with van der Waals surface area (Å²) in [6.45, 7) is 0. The first-order valence-corrected chi connectivity index (χ1v) is 7.13. The molecule has 1 aromatic heterocycles. The molecule has 0 fully saturated rings. The van der Waals surface area contributed by atoms with Crippen molar-refractivity contribution >= 4 is 42.3 Å². The highest BCUT2D eigenvalue weighted by Crippen LogP contribution is 2.32. The summed E-state index contributed by atoms with van der Waals surface area (Å²) >= 11 is 1.51. The normalized spacial score (nSPS) is 11.9. The lowest BCUT2D eigenvalue weighted by Crippen LogP contribution is -2.04. The summed E-state index contributed by atoms with van der Waals surface area (Å²) in [4.78, 5) is 3.11. The van der Waals surface area contributed by atoms with Gasteiger partial charge in [0.15, 0.2) is 0 Å². The number of ether oxygens (including phenoxy) is 1. The average molecular weight is 384 g/mol. The Hall–Kier alpha value is -0.220. The molecule has 4 nitrogen and oxygen atoms in total. The van der Waals surface area contributed by atoms with E-state index < -0.39 is 21.2 Å². The Bertz CT molecular complexity index is 509. The van der Waals surface area contributed by atoms with Gasteiger partial charge in [-0.1, -0.05) is 0 Å². The molecule has 0 bridgehead atoms. The van der Waals surface area contributed by atoms with Crippen LogP contribution in [-0.2, 0) is 9.05 Å². The summed E-state index contributed by atoms with van der Waals surface area (Å²) < 4.78 is 51.7. The molecule has 0 spiro atoms. The highest BCUT2D eigenvalue weighted by molar-refractivity contribution is 14.1. The third-order valence-corrected chi connectivity index (χ3v) is 4.15. The van der Waals surface area contributed by atoms with Crippen LogP contribution >= 0.6 is 33.3 Å². The Morgan fingerprint density at radius 3 is 2.50 bits per heavy atom. The van der Waals surface area contributed by atoms with E-state index in [9.17, 15) is 17.2 Å². The molecule has 0 radical (unpaired) electrons.